The highest BCUT2D eigenvalue weighted by Gasteiger charge is 2.14. The first-order valence-electron chi connectivity index (χ1n) is 10.8. The Morgan fingerprint density at radius 1 is 1.18 bits per heavy atom. The van der Waals surface area contributed by atoms with E-state index in [1.54, 1.807) is 17.1 Å². The van der Waals surface area contributed by atoms with Gasteiger partial charge in [0.15, 0.2) is 0 Å². The molecule has 0 aliphatic carbocycles. The number of nitrogen functional groups attached to an aromatic ring is 2. The zero-order valence-corrected chi connectivity index (χ0v) is 20.2. The van der Waals surface area contributed by atoms with Crippen LogP contribution in [0.3, 0.4) is 0 Å². The number of ether oxygens (including phenoxy) is 1. The summed E-state index contributed by atoms with van der Waals surface area (Å²) < 4.78 is 5.09. The third kappa shape index (κ3) is 6.64. The van der Waals surface area contributed by atoms with Crippen molar-refractivity contribution in [2.45, 2.75) is 33.7 Å². The molecule has 0 bridgehead atoms. The van der Waals surface area contributed by atoms with Crippen molar-refractivity contribution in [1.82, 2.24) is 15.0 Å². The third-order valence-electron chi connectivity index (χ3n) is 4.98. The number of anilines is 2. The standard InChI is InChI=1S/C24H28ClN7O2/c1-4-20-22(23(26)29-24(27)28-20)18-8-9-19(25)21(13-18)30-31-32(10-11-34-16(3)33)14-17-7-5-6-15(2)12-17/h5-9,12-13H,4,10-11,14H2,1-3H3,(H4,26,27,28,29). The van der Waals surface area contributed by atoms with Gasteiger partial charge in [-0.05, 0) is 36.6 Å². The molecule has 4 N–H and O–H groups in total. The van der Waals surface area contributed by atoms with Crippen molar-refractivity contribution in [3.8, 4) is 11.1 Å². The number of nitrogens with two attached hydrogens (primary N) is 2. The predicted molar refractivity (Wildman–Crippen MR) is 133 cm³/mol. The first kappa shape index (κ1) is 24.9. The van der Waals surface area contributed by atoms with Crippen LogP contribution in [0.5, 0.6) is 0 Å². The van der Waals surface area contributed by atoms with Crippen LogP contribution in [0, 0.1) is 6.92 Å². The zero-order chi connectivity index (χ0) is 24.7. The molecule has 10 heteroatoms. The molecule has 0 saturated carbocycles. The largest absolute Gasteiger partial charge is 0.464 e. The minimum atomic E-state index is -0.349. The average molecular weight is 482 g/mol. The van der Waals surface area contributed by atoms with Crippen molar-refractivity contribution in [2.75, 3.05) is 24.6 Å². The van der Waals surface area contributed by atoms with E-state index in [-0.39, 0.29) is 24.3 Å². The Labute approximate surface area is 203 Å². The summed E-state index contributed by atoms with van der Waals surface area (Å²) >= 11 is 6.41. The fourth-order valence-electron chi connectivity index (χ4n) is 3.44. The van der Waals surface area contributed by atoms with Crippen LogP contribution in [0.25, 0.3) is 11.1 Å². The molecule has 3 rings (SSSR count). The van der Waals surface area contributed by atoms with E-state index >= 15 is 0 Å². The van der Waals surface area contributed by atoms with Gasteiger partial charge in [-0.2, -0.15) is 4.98 Å². The van der Waals surface area contributed by atoms with E-state index in [2.05, 4.69) is 26.4 Å². The highest BCUT2D eigenvalue weighted by molar-refractivity contribution is 6.33. The molecule has 0 amide bonds. The number of aryl methyl sites for hydroxylation is 2. The molecule has 2 aromatic carbocycles. The highest BCUT2D eigenvalue weighted by atomic mass is 35.5. The second-order valence-electron chi connectivity index (χ2n) is 7.72. The Morgan fingerprint density at radius 3 is 2.68 bits per heavy atom. The molecule has 0 atom stereocenters. The monoisotopic (exact) mass is 481 g/mol. The average Bonchev–Trinajstić information content (AvgIpc) is 2.77. The smallest absolute Gasteiger partial charge is 0.302 e. The Kier molecular flexibility index (Phi) is 8.37. The highest BCUT2D eigenvalue weighted by Crippen LogP contribution is 2.35. The van der Waals surface area contributed by atoms with Crippen LogP contribution in [0.4, 0.5) is 17.5 Å². The van der Waals surface area contributed by atoms with Crippen molar-refractivity contribution >= 4 is 35.0 Å². The lowest BCUT2D eigenvalue weighted by Crippen LogP contribution is -2.22. The molecule has 0 fully saturated rings. The van der Waals surface area contributed by atoms with Gasteiger partial charge in [-0.25, -0.2) is 4.98 Å². The van der Waals surface area contributed by atoms with Crippen LogP contribution in [0.1, 0.15) is 30.7 Å². The maximum absolute atomic E-state index is 11.2. The van der Waals surface area contributed by atoms with E-state index < -0.39 is 0 Å². The molecular weight excluding hydrogens is 454 g/mol. The van der Waals surface area contributed by atoms with Crippen LogP contribution >= 0.6 is 11.6 Å². The van der Waals surface area contributed by atoms with Gasteiger partial charge in [-0.15, -0.1) is 5.11 Å². The molecule has 0 spiro atoms. The SMILES string of the molecule is CCc1nc(N)nc(N)c1-c1ccc(Cl)c(N=NN(CCOC(C)=O)Cc2cccc(C)c2)c1. The van der Waals surface area contributed by atoms with Crippen LogP contribution in [-0.2, 0) is 22.5 Å². The lowest BCUT2D eigenvalue weighted by molar-refractivity contribution is -0.141. The van der Waals surface area contributed by atoms with Crippen molar-refractivity contribution in [2.24, 2.45) is 10.3 Å². The molecule has 9 nitrogen and oxygen atoms in total. The van der Waals surface area contributed by atoms with Crippen molar-refractivity contribution in [3.63, 3.8) is 0 Å². The number of hydrogen-bond acceptors (Lipinski definition) is 8. The molecule has 1 heterocycles. The molecule has 178 valence electrons. The molecule has 0 aliphatic heterocycles. The van der Waals surface area contributed by atoms with Gasteiger partial charge in [-0.1, -0.05) is 59.6 Å². The third-order valence-corrected chi connectivity index (χ3v) is 5.30. The number of hydrogen-bond donors (Lipinski definition) is 2. The van der Waals surface area contributed by atoms with Gasteiger partial charge in [0.1, 0.15) is 18.1 Å². The summed E-state index contributed by atoms with van der Waals surface area (Å²) in [5, 5.41) is 10.9. The Balaban J connectivity index is 1.90. The molecule has 0 unspecified atom stereocenters. The molecule has 34 heavy (non-hydrogen) atoms. The predicted octanol–water partition coefficient (Wildman–Crippen LogP) is 4.90. The van der Waals surface area contributed by atoms with E-state index in [1.807, 2.05) is 38.1 Å². The zero-order valence-electron chi connectivity index (χ0n) is 19.5. The quantitative estimate of drug-likeness (QED) is 0.252. The van der Waals surface area contributed by atoms with Gasteiger partial charge in [-0.3, -0.25) is 9.80 Å². The van der Waals surface area contributed by atoms with Crippen molar-refractivity contribution in [3.05, 3.63) is 64.3 Å². The van der Waals surface area contributed by atoms with Crippen molar-refractivity contribution in [1.29, 1.82) is 0 Å². The maximum Gasteiger partial charge on any atom is 0.302 e. The first-order valence-corrected chi connectivity index (χ1v) is 11.2. The fraction of sp³-hybridized carbons (Fsp3) is 0.292. The second kappa shape index (κ2) is 11.4. The van der Waals surface area contributed by atoms with Crippen LogP contribution in [-0.4, -0.2) is 34.1 Å². The van der Waals surface area contributed by atoms with Gasteiger partial charge in [0.2, 0.25) is 5.95 Å². The summed E-state index contributed by atoms with van der Waals surface area (Å²) in [5.74, 6) is 0.0711. The molecule has 0 radical (unpaired) electrons. The maximum atomic E-state index is 11.2. The lowest BCUT2D eigenvalue weighted by Gasteiger charge is -2.18. The van der Waals surface area contributed by atoms with Crippen molar-refractivity contribution < 1.29 is 9.53 Å². The number of aromatic nitrogens is 2. The number of benzene rings is 2. The number of carbonyl (C=O) groups is 1. The summed E-state index contributed by atoms with van der Waals surface area (Å²) in [6.45, 7) is 6.40. The van der Waals surface area contributed by atoms with Gasteiger partial charge >= 0.3 is 5.97 Å². The molecule has 3 aromatic rings. The second-order valence-corrected chi connectivity index (χ2v) is 8.12. The lowest BCUT2D eigenvalue weighted by atomic mass is 10.0. The number of carbonyl (C=O) groups excluding carboxylic acids is 1. The van der Waals surface area contributed by atoms with Gasteiger partial charge in [0, 0.05) is 12.5 Å². The number of halogens is 1. The van der Waals surface area contributed by atoms with Crippen LogP contribution in [0.15, 0.2) is 52.8 Å². The van der Waals surface area contributed by atoms with Crippen LogP contribution < -0.4 is 11.5 Å². The summed E-state index contributed by atoms with van der Waals surface area (Å²) in [4.78, 5) is 19.6. The Hall–Kier alpha value is -3.72. The number of nitrogens with zero attached hydrogens (tertiary/aromatic N) is 5. The molecule has 0 saturated heterocycles. The number of esters is 1. The minimum Gasteiger partial charge on any atom is -0.464 e. The first-order chi connectivity index (χ1) is 16.3. The summed E-state index contributed by atoms with van der Waals surface area (Å²) in [6.07, 6.45) is 0.631. The molecular formula is C24H28ClN7O2. The van der Waals surface area contributed by atoms with E-state index in [1.165, 1.54) is 6.92 Å². The molecule has 0 aliphatic rings. The van der Waals surface area contributed by atoms with Crippen LogP contribution in [0.2, 0.25) is 5.02 Å². The van der Waals surface area contributed by atoms with E-state index in [9.17, 15) is 4.79 Å². The summed E-state index contributed by atoms with van der Waals surface area (Å²) in [5.41, 5.74) is 16.7. The number of rotatable bonds is 9. The topological polar surface area (TPSA) is 132 Å². The van der Waals surface area contributed by atoms with E-state index in [0.29, 0.717) is 35.8 Å². The van der Waals surface area contributed by atoms with E-state index in [4.69, 9.17) is 27.8 Å². The summed E-state index contributed by atoms with van der Waals surface area (Å²) in [7, 11) is 0. The van der Waals surface area contributed by atoms with Gasteiger partial charge in [0.25, 0.3) is 0 Å². The van der Waals surface area contributed by atoms with E-state index in [0.717, 1.165) is 22.4 Å². The van der Waals surface area contributed by atoms with Gasteiger partial charge < -0.3 is 16.2 Å². The normalized spacial score (nSPS) is 11.1. The molecule has 1 aromatic heterocycles. The fourth-order valence-corrected chi connectivity index (χ4v) is 3.60. The van der Waals surface area contributed by atoms with Gasteiger partial charge in [0.05, 0.1) is 23.8 Å². The Morgan fingerprint density at radius 2 is 1.97 bits per heavy atom. The summed E-state index contributed by atoms with van der Waals surface area (Å²) in [6, 6.07) is 13.4. The minimum absolute atomic E-state index is 0.131. The Bertz CT molecular complexity index is 1200.